The fourth-order valence-corrected chi connectivity index (χ4v) is 2.34. The predicted octanol–water partition coefficient (Wildman–Crippen LogP) is -0.664. The van der Waals surface area contributed by atoms with Crippen LogP contribution in [0.1, 0.15) is 6.42 Å². The quantitative estimate of drug-likeness (QED) is 0.632. The Hall–Kier alpha value is -1.44. The van der Waals surface area contributed by atoms with Crippen molar-refractivity contribution >= 4 is 29.7 Å². The van der Waals surface area contributed by atoms with Gasteiger partial charge in [-0.15, -0.1) is 0 Å². The second-order valence-corrected chi connectivity index (χ2v) is 5.01. The molecule has 1 aliphatic rings. The molecule has 0 radical (unpaired) electrons. The molecule has 0 aromatic rings. The van der Waals surface area contributed by atoms with Crippen molar-refractivity contribution in [3.63, 3.8) is 0 Å². The molecule has 0 aromatic carbocycles. The third-order valence-electron chi connectivity index (χ3n) is 2.35. The van der Waals surface area contributed by atoms with Crippen LogP contribution < -0.4 is 10.6 Å². The molecule has 3 amide bonds. The highest BCUT2D eigenvalue weighted by molar-refractivity contribution is 7.99. The minimum atomic E-state index is -1.11. The van der Waals surface area contributed by atoms with E-state index in [1.807, 2.05) is 0 Å². The van der Waals surface area contributed by atoms with Gasteiger partial charge in [0.05, 0.1) is 6.54 Å². The monoisotopic (exact) mass is 275 g/mol. The first-order valence-electron chi connectivity index (χ1n) is 5.68. The lowest BCUT2D eigenvalue weighted by Crippen LogP contribution is -2.45. The molecular formula is C10H17N3O4S. The van der Waals surface area contributed by atoms with Crippen LogP contribution >= 0.6 is 11.8 Å². The summed E-state index contributed by atoms with van der Waals surface area (Å²) in [6.07, 6.45) is 0.948. The molecule has 18 heavy (non-hydrogen) atoms. The Balaban J connectivity index is 2.22. The van der Waals surface area contributed by atoms with Gasteiger partial charge in [-0.3, -0.25) is 9.59 Å². The van der Waals surface area contributed by atoms with Crippen LogP contribution in [0, 0.1) is 0 Å². The molecule has 0 aliphatic carbocycles. The standard InChI is InChI=1S/C10H17N3O4S/c14-8(11-7-9(15)16)6-12-10(17)13-2-1-4-18-5-3-13/h1-7H2,(H,11,14)(H,12,17)(H,15,16). The van der Waals surface area contributed by atoms with E-state index in [4.69, 9.17) is 5.11 Å². The number of nitrogens with zero attached hydrogens (tertiary/aromatic N) is 1. The van der Waals surface area contributed by atoms with E-state index in [0.29, 0.717) is 13.1 Å². The zero-order valence-electron chi connectivity index (χ0n) is 9.98. The highest BCUT2D eigenvalue weighted by Gasteiger charge is 2.16. The Morgan fingerprint density at radius 3 is 2.61 bits per heavy atom. The van der Waals surface area contributed by atoms with Crippen LogP contribution in [0.15, 0.2) is 0 Å². The molecule has 0 unspecified atom stereocenters. The Kier molecular flexibility index (Phi) is 6.34. The van der Waals surface area contributed by atoms with Gasteiger partial charge in [0.2, 0.25) is 5.91 Å². The normalized spacial score (nSPS) is 15.7. The van der Waals surface area contributed by atoms with Gasteiger partial charge in [-0.2, -0.15) is 11.8 Å². The number of thioether (sulfide) groups is 1. The molecule has 0 bridgehead atoms. The molecule has 0 saturated carbocycles. The fourth-order valence-electron chi connectivity index (χ4n) is 1.45. The van der Waals surface area contributed by atoms with Gasteiger partial charge in [0.25, 0.3) is 0 Å². The number of carboxylic acid groups (broad SMARTS) is 1. The number of carboxylic acids is 1. The Labute approximate surface area is 109 Å². The zero-order valence-corrected chi connectivity index (χ0v) is 10.8. The lowest BCUT2D eigenvalue weighted by atomic mass is 10.4. The van der Waals surface area contributed by atoms with E-state index < -0.39 is 18.4 Å². The summed E-state index contributed by atoms with van der Waals surface area (Å²) in [6.45, 7) is 0.730. The van der Waals surface area contributed by atoms with E-state index in [-0.39, 0.29) is 12.6 Å². The average molecular weight is 275 g/mol. The summed E-state index contributed by atoms with van der Waals surface area (Å²) in [7, 11) is 0. The number of urea groups is 1. The molecule has 1 heterocycles. The van der Waals surface area contributed by atoms with Crippen LogP contribution in [0.4, 0.5) is 4.79 Å². The summed E-state index contributed by atoms with van der Waals surface area (Å²) >= 11 is 1.81. The lowest BCUT2D eigenvalue weighted by molar-refractivity contribution is -0.137. The first-order valence-corrected chi connectivity index (χ1v) is 6.84. The smallest absolute Gasteiger partial charge is 0.322 e. The molecule has 1 aliphatic heterocycles. The van der Waals surface area contributed by atoms with E-state index in [9.17, 15) is 14.4 Å². The molecule has 1 fully saturated rings. The van der Waals surface area contributed by atoms with E-state index in [1.54, 1.807) is 16.7 Å². The molecule has 0 aromatic heterocycles. The van der Waals surface area contributed by atoms with E-state index >= 15 is 0 Å². The number of aliphatic carboxylic acids is 1. The van der Waals surface area contributed by atoms with Crippen molar-refractivity contribution in [1.29, 1.82) is 0 Å². The van der Waals surface area contributed by atoms with Gasteiger partial charge in [-0.1, -0.05) is 0 Å². The second kappa shape index (κ2) is 7.80. The van der Waals surface area contributed by atoms with Gasteiger partial charge in [0.15, 0.2) is 0 Å². The van der Waals surface area contributed by atoms with Crippen LogP contribution in [0.5, 0.6) is 0 Å². The molecule has 0 atom stereocenters. The van der Waals surface area contributed by atoms with Crippen LogP contribution in [-0.4, -0.2) is 65.6 Å². The number of carbonyl (C=O) groups is 3. The van der Waals surface area contributed by atoms with E-state index in [1.165, 1.54) is 0 Å². The van der Waals surface area contributed by atoms with Gasteiger partial charge < -0.3 is 20.6 Å². The number of hydrogen-bond donors (Lipinski definition) is 3. The van der Waals surface area contributed by atoms with Crippen LogP contribution in [-0.2, 0) is 9.59 Å². The minimum Gasteiger partial charge on any atom is -0.480 e. The molecule has 102 valence electrons. The molecule has 8 heteroatoms. The number of hydrogen-bond acceptors (Lipinski definition) is 4. The number of carbonyl (C=O) groups excluding carboxylic acids is 2. The van der Waals surface area contributed by atoms with Crippen LogP contribution in [0.3, 0.4) is 0 Å². The summed E-state index contributed by atoms with van der Waals surface area (Å²) in [5.74, 6) is 0.329. The summed E-state index contributed by atoms with van der Waals surface area (Å²) in [6, 6.07) is -0.275. The maximum Gasteiger partial charge on any atom is 0.322 e. The van der Waals surface area contributed by atoms with Crippen LogP contribution in [0.25, 0.3) is 0 Å². The van der Waals surface area contributed by atoms with Crippen molar-refractivity contribution in [2.24, 2.45) is 0 Å². The lowest BCUT2D eigenvalue weighted by Gasteiger charge is -2.20. The Morgan fingerprint density at radius 2 is 1.89 bits per heavy atom. The molecule has 0 spiro atoms. The maximum atomic E-state index is 11.7. The minimum absolute atomic E-state index is 0.199. The second-order valence-electron chi connectivity index (χ2n) is 3.78. The van der Waals surface area contributed by atoms with E-state index in [2.05, 4.69) is 10.6 Å². The molecule has 3 N–H and O–H groups in total. The van der Waals surface area contributed by atoms with Crippen molar-refractivity contribution in [3.8, 4) is 0 Å². The number of rotatable bonds is 4. The number of amides is 3. The van der Waals surface area contributed by atoms with Gasteiger partial charge in [-0.05, 0) is 12.2 Å². The Bertz CT molecular complexity index is 316. The largest absolute Gasteiger partial charge is 0.480 e. The number of nitrogens with one attached hydrogen (secondary N) is 2. The van der Waals surface area contributed by atoms with Crippen molar-refractivity contribution in [2.45, 2.75) is 6.42 Å². The zero-order chi connectivity index (χ0) is 13.4. The summed E-state index contributed by atoms with van der Waals surface area (Å²) in [5, 5.41) is 13.0. The third kappa shape index (κ3) is 5.76. The molecule has 7 nitrogen and oxygen atoms in total. The molecular weight excluding hydrogens is 258 g/mol. The van der Waals surface area contributed by atoms with Gasteiger partial charge in [-0.25, -0.2) is 4.79 Å². The third-order valence-corrected chi connectivity index (χ3v) is 3.40. The summed E-state index contributed by atoms with van der Waals surface area (Å²) < 4.78 is 0. The fraction of sp³-hybridized carbons (Fsp3) is 0.700. The summed E-state index contributed by atoms with van der Waals surface area (Å²) in [4.78, 5) is 34.8. The summed E-state index contributed by atoms with van der Waals surface area (Å²) in [5.41, 5.74) is 0. The molecule has 1 rings (SSSR count). The van der Waals surface area contributed by atoms with Crippen molar-refractivity contribution in [1.82, 2.24) is 15.5 Å². The SMILES string of the molecule is O=C(O)CNC(=O)CNC(=O)N1CCCSCC1. The van der Waals surface area contributed by atoms with Gasteiger partial charge >= 0.3 is 12.0 Å². The average Bonchev–Trinajstić information content (AvgIpc) is 2.62. The Morgan fingerprint density at radius 1 is 1.11 bits per heavy atom. The first-order chi connectivity index (χ1) is 8.59. The predicted molar refractivity (Wildman–Crippen MR) is 67.6 cm³/mol. The van der Waals surface area contributed by atoms with Crippen molar-refractivity contribution in [2.75, 3.05) is 37.7 Å². The maximum absolute atomic E-state index is 11.7. The van der Waals surface area contributed by atoms with Crippen molar-refractivity contribution in [3.05, 3.63) is 0 Å². The van der Waals surface area contributed by atoms with Crippen molar-refractivity contribution < 1.29 is 19.5 Å². The highest BCUT2D eigenvalue weighted by Crippen LogP contribution is 2.09. The first kappa shape index (κ1) is 14.6. The van der Waals surface area contributed by atoms with E-state index in [0.717, 1.165) is 17.9 Å². The topological polar surface area (TPSA) is 98.7 Å². The highest BCUT2D eigenvalue weighted by atomic mass is 32.2. The van der Waals surface area contributed by atoms with Crippen LogP contribution in [0.2, 0.25) is 0 Å². The molecule has 1 saturated heterocycles. The van der Waals surface area contributed by atoms with Gasteiger partial charge in [0.1, 0.15) is 6.54 Å². The van der Waals surface area contributed by atoms with Gasteiger partial charge in [0, 0.05) is 18.8 Å².